The summed E-state index contributed by atoms with van der Waals surface area (Å²) in [5.41, 5.74) is 4.86. The van der Waals surface area contributed by atoms with Gasteiger partial charge in [-0.3, -0.25) is 4.79 Å². The highest BCUT2D eigenvalue weighted by Crippen LogP contribution is 2.25. The molecule has 2 saturated carbocycles. The molecule has 0 saturated heterocycles. The predicted molar refractivity (Wildman–Crippen MR) is 62.0 cm³/mol. The minimum atomic E-state index is -0.592. The molecule has 4 nitrogen and oxygen atoms in total. The third-order valence-electron chi connectivity index (χ3n) is 3.65. The number of carbonyl (C=O) groups excluding carboxylic acids is 1. The first kappa shape index (κ1) is 11.9. The molecule has 2 aliphatic rings. The molecule has 2 aliphatic carbocycles. The van der Waals surface area contributed by atoms with Gasteiger partial charge in [0.1, 0.15) is 0 Å². The minimum Gasteiger partial charge on any atom is -0.378 e. The van der Waals surface area contributed by atoms with Crippen LogP contribution in [-0.2, 0) is 9.53 Å². The minimum absolute atomic E-state index is 0.267. The van der Waals surface area contributed by atoms with Crippen LogP contribution in [0, 0.1) is 0 Å². The number of nitrogens with two attached hydrogens (primary N) is 1. The predicted octanol–water partition coefficient (Wildman–Crippen LogP) is 0.942. The molecule has 1 atom stereocenters. The fraction of sp³-hybridized carbons (Fsp3) is 0.917. The lowest BCUT2D eigenvalue weighted by atomic mass is 9.95. The van der Waals surface area contributed by atoms with E-state index in [0.717, 1.165) is 12.8 Å². The number of primary amides is 1. The Labute approximate surface area is 96.9 Å². The molecule has 92 valence electrons. The van der Waals surface area contributed by atoms with Gasteiger partial charge in [0, 0.05) is 12.6 Å². The van der Waals surface area contributed by atoms with Gasteiger partial charge in [0.05, 0.1) is 11.6 Å². The second-order valence-corrected chi connectivity index (χ2v) is 5.29. The van der Waals surface area contributed by atoms with Gasteiger partial charge in [0.2, 0.25) is 5.91 Å². The highest BCUT2D eigenvalue weighted by atomic mass is 16.5. The highest BCUT2D eigenvalue weighted by molar-refractivity contribution is 5.84. The molecule has 1 unspecified atom stereocenters. The molecule has 2 fully saturated rings. The average molecular weight is 226 g/mol. The Morgan fingerprint density at radius 2 is 2.12 bits per heavy atom. The summed E-state index contributed by atoms with van der Waals surface area (Å²) in [5, 5.41) is 3.32. The number of amides is 1. The van der Waals surface area contributed by atoms with E-state index in [1.807, 2.05) is 6.92 Å². The summed E-state index contributed by atoms with van der Waals surface area (Å²) in [6, 6.07) is 0.487. The lowest BCUT2D eigenvalue weighted by Gasteiger charge is -2.30. The van der Waals surface area contributed by atoms with E-state index in [-0.39, 0.29) is 5.91 Å². The molecule has 0 spiro atoms. The third-order valence-corrected chi connectivity index (χ3v) is 3.65. The van der Waals surface area contributed by atoms with Crippen molar-refractivity contribution in [3.05, 3.63) is 0 Å². The lowest BCUT2D eigenvalue weighted by molar-refractivity contribution is -0.125. The average Bonchev–Trinajstić information content (AvgIpc) is 2.93. The zero-order chi connectivity index (χ0) is 11.6. The molecule has 1 amide bonds. The Morgan fingerprint density at radius 1 is 1.44 bits per heavy atom. The van der Waals surface area contributed by atoms with Crippen molar-refractivity contribution in [1.82, 2.24) is 5.32 Å². The topological polar surface area (TPSA) is 64.3 Å². The largest absolute Gasteiger partial charge is 0.378 e. The molecule has 0 heterocycles. The summed E-state index contributed by atoms with van der Waals surface area (Å²) < 4.78 is 5.68. The van der Waals surface area contributed by atoms with E-state index in [4.69, 9.17) is 10.5 Å². The number of nitrogens with one attached hydrogen (secondary N) is 1. The normalized spacial score (nSPS) is 24.8. The Morgan fingerprint density at radius 3 is 2.56 bits per heavy atom. The monoisotopic (exact) mass is 226 g/mol. The van der Waals surface area contributed by atoms with E-state index in [1.54, 1.807) is 0 Å². The number of rotatable bonds is 7. The Bertz CT molecular complexity index is 262. The molecule has 0 aromatic heterocycles. The van der Waals surface area contributed by atoms with Crippen molar-refractivity contribution in [3.8, 4) is 0 Å². The quantitative estimate of drug-likeness (QED) is 0.679. The van der Waals surface area contributed by atoms with Crippen molar-refractivity contribution < 1.29 is 9.53 Å². The first-order chi connectivity index (χ1) is 7.60. The van der Waals surface area contributed by atoms with Crippen LogP contribution in [0.4, 0.5) is 0 Å². The van der Waals surface area contributed by atoms with Gasteiger partial charge in [-0.1, -0.05) is 0 Å². The van der Waals surface area contributed by atoms with Crippen molar-refractivity contribution in [3.63, 3.8) is 0 Å². The van der Waals surface area contributed by atoms with Gasteiger partial charge in [-0.15, -0.1) is 0 Å². The van der Waals surface area contributed by atoms with Gasteiger partial charge in [0.25, 0.3) is 0 Å². The number of hydrogen-bond acceptors (Lipinski definition) is 3. The van der Waals surface area contributed by atoms with Crippen molar-refractivity contribution >= 4 is 5.91 Å². The van der Waals surface area contributed by atoms with Crippen LogP contribution < -0.4 is 11.1 Å². The number of carbonyl (C=O) groups is 1. The van der Waals surface area contributed by atoms with Gasteiger partial charge >= 0.3 is 0 Å². The van der Waals surface area contributed by atoms with Crippen LogP contribution in [-0.4, -0.2) is 30.2 Å². The summed E-state index contributed by atoms with van der Waals surface area (Å²) in [7, 11) is 0. The fourth-order valence-electron chi connectivity index (χ4n) is 1.91. The summed E-state index contributed by atoms with van der Waals surface area (Å²) >= 11 is 0. The molecule has 2 rings (SSSR count). The van der Waals surface area contributed by atoms with Crippen LogP contribution in [0.25, 0.3) is 0 Å². The lowest BCUT2D eigenvalue weighted by Crippen LogP contribution is -2.54. The molecule has 0 aromatic carbocycles. The summed E-state index contributed by atoms with van der Waals surface area (Å²) in [6.07, 6.45) is 7.04. The maximum atomic E-state index is 11.4. The Hall–Kier alpha value is -0.610. The van der Waals surface area contributed by atoms with Crippen LogP contribution >= 0.6 is 0 Å². The SMILES string of the molecule is CC(CCOC1CCC1)(NC1CC1)C(N)=O. The molecular formula is C12H22N2O2. The summed E-state index contributed by atoms with van der Waals surface area (Å²) in [6.45, 7) is 2.52. The molecule has 4 heteroatoms. The maximum absolute atomic E-state index is 11.4. The van der Waals surface area contributed by atoms with Crippen molar-refractivity contribution in [2.45, 2.75) is 63.1 Å². The van der Waals surface area contributed by atoms with Crippen LogP contribution in [0.15, 0.2) is 0 Å². The molecule has 0 radical (unpaired) electrons. The van der Waals surface area contributed by atoms with Gasteiger partial charge in [-0.25, -0.2) is 0 Å². The second kappa shape index (κ2) is 4.72. The van der Waals surface area contributed by atoms with Crippen LogP contribution in [0.5, 0.6) is 0 Å². The smallest absolute Gasteiger partial charge is 0.237 e. The van der Waals surface area contributed by atoms with Crippen LogP contribution in [0.1, 0.15) is 45.4 Å². The fourth-order valence-corrected chi connectivity index (χ4v) is 1.91. The summed E-state index contributed by atoms with van der Waals surface area (Å²) in [4.78, 5) is 11.4. The molecule has 0 aliphatic heterocycles. The Balaban J connectivity index is 1.73. The Kier molecular flexibility index (Phi) is 3.50. The third kappa shape index (κ3) is 2.95. The van der Waals surface area contributed by atoms with E-state index in [0.29, 0.717) is 25.2 Å². The van der Waals surface area contributed by atoms with E-state index in [9.17, 15) is 4.79 Å². The van der Waals surface area contributed by atoms with Gasteiger partial charge < -0.3 is 15.8 Å². The molecule has 0 aromatic rings. The van der Waals surface area contributed by atoms with Crippen LogP contribution in [0.2, 0.25) is 0 Å². The molecule has 0 bridgehead atoms. The van der Waals surface area contributed by atoms with Gasteiger partial charge in [0.15, 0.2) is 0 Å². The first-order valence-electron chi connectivity index (χ1n) is 6.29. The van der Waals surface area contributed by atoms with E-state index >= 15 is 0 Å². The second-order valence-electron chi connectivity index (χ2n) is 5.29. The van der Waals surface area contributed by atoms with Gasteiger partial charge in [-0.2, -0.15) is 0 Å². The van der Waals surface area contributed by atoms with E-state index in [2.05, 4.69) is 5.32 Å². The standard InChI is InChI=1S/C12H22N2O2/c1-12(11(13)15,14-9-5-6-9)7-8-16-10-3-2-4-10/h9-10,14H,2-8H2,1H3,(H2,13,15). The number of ether oxygens (including phenoxy) is 1. The zero-order valence-corrected chi connectivity index (χ0v) is 10.00. The van der Waals surface area contributed by atoms with Crippen molar-refractivity contribution in [2.24, 2.45) is 5.73 Å². The number of hydrogen-bond donors (Lipinski definition) is 2. The highest BCUT2D eigenvalue weighted by Gasteiger charge is 2.36. The van der Waals surface area contributed by atoms with Crippen molar-refractivity contribution in [2.75, 3.05) is 6.61 Å². The van der Waals surface area contributed by atoms with Crippen LogP contribution in [0.3, 0.4) is 0 Å². The van der Waals surface area contributed by atoms with Gasteiger partial charge in [-0.05, 0) is 45.4 Å². The van der Waals surface area contributed by atoms with Crippen molar-refractivity contribution in [1.29, 1.82) is 0 Å². The van der Waals surface area contributed by atoms with E-state index in [1.165, 1.54) is 19.3 Å². The van der Waals surface area contributed by atoms with E-state index < -0.39 is 5.54 Å². The molecular weight excluding hydrogens is 204 g/mol. The zero-order valence-electron chi connectivity index (χ0n) is 10.00. The summed E-state index contributed by atoms with van der Waals surface area (Å²) in [5.74, 6) is -0.267. The molecule has 3 N–H and O–H groups in total. The maximum Gasteiger partial charge on any atom is 0.237 e. The molecule has 16 heavy (non-hydrogen) atoms. The first-order valence-corrected chi connectivity index (χ1v) is 6.29.